The molecule has 0 atom stereocenters. The summed E-state index contributed by atoms with van der Waals surface area (Å²) in [6.45, 7) is 0. The van der Waals surface area contributed by atoms with Crippen LogP contribution in [0.1, 0.15) is 22.3 Å². The van der Waals surface area contributed by atoms with Crippen LogP contribution in [-0.2, 0) is 25.7 Å². The SMILES string of the molecule is Oc1ccc2c(c1)CCc1ccc(cc1)Oc1cc(ccc1F)CCc1ccc-2c(O)c1. The number of phenols is 2. The van der Waals surface area contributed by atoms with Crippen molar-refractivity contribution in [2.75, 3.05) is 0 Å². The maximum atomic E-state index is 14.3. The molecule has 8 rings (SSSR count). The zero-order valence-electron chi connectivity index (χ0n) is 17.5. The quantitative estimate of drug-likeness (QED) is 0.334. The predicted octanol–water partition coefficient (Wildman–Crippen LogP) is 6.58. The van der Waals surface area contributed by atoms with Gasteiger partial charge in [0.2, 0.25) is 0 Å². The van der Waals surface area contributed by atoms with Gasteiger partial charge in [-0.3, -0.25) is 0 Å². The lowest BCUT2D eigenvalue weighted by Gasteiger charge is -2.14. The predicted molar refractivity (Wildman–Crippen MR) is 123 cm³/mol. The third kappa shape index (κ3) is 4.17. The second-order valence-corrected chi connectivity index (χ2v) is 8.20. The summed E-state index contributed by atoms with van der Waals surface area (Å²) in [6.07, 6.45) is 2.84. The molecule has 4 heterocycles. The van der Waals surface area contributed by atoms with E-state index < -0.39 is 5.82 Å². The molecule has 0 saturated carbocycles. The Morgan fingerprint density at radius 2 is 1.28 bits per heavy atom. The lowest BCUT2D eigenvalue weighted by Crippen LogP contribution is -1.98. The summed E-state index contributed by atoms with van der Waals surface area (Å²) in [5, 5.41) is 20.8. The summed E-state index contributed by atoms with van der Waals surface area (Å²) >= 11 is 0. The number of halogens is 1. The van der Waals surface area contributed by atoms with Gasteiger partial charge in [0.05, 0.1) is 0 Å². The molecule has 3 nitrogen and oxygen atoms in total. The molecule has 0 aromatic heterocycles. The van der Waals surface area contributed by atoms with Crippen molar-refractivity contribution in [3.63, 3.8) is 0 Å². The Kier molecular flexibility index (Phi) is 5.28. The number of ether oxygens (including phenoxy) is 1. The highest BCUT2D eigenvalue weighted by atomic mass is 19.1. The van der Waals surface area contributed by atoms with Gasteiger partial charge >= 0.3 is 0 Å². The molecule has 0 amide bonds. The largest absolute Gasteiger partial charge is 0.508 e. The van der Waals surface area contributed by atoms with Crippen molar-refractivity contribution in [1.82, 2.24) is 0 Å². The number of aryl methyl sites for hydroxylation is 4. The number of aromatic hydroxyl groups is 2. The molecular formula is C28H23FO3. The molecular weight excluding hydrogens is 403 g/mol. The van der Waals surface area contributed by atoms with Crippen LogP contribution in [0.2, 0.25) is 0 Å². The third-order valence-corrected chi connectivity index (χ3v) is 5.97. The minimum atomic E-state index is -0.398. The first-order chi connectivity index (χ1) is 15.5. The maximum absolute atomic E-state index is 14.3. The normalized spacial score (nSPS) is 13.2. The van der Waals surface area contributed by atoms with Crippen molar-refractivity contribution in [3.8, 4) is 34.1 Å². The summed E-state index contributed by atoms with van der Waals surface area (Å²) in [5.74, 6) is 0.810. The topological polar surface area (TPSA) is 49.7 Å². The van der Waals surface area contributed by atoms with Crippen molar-refractivity contribution < 1.29 is 19.3 Å². The molecule has 160 valence electrons. The van der Waals surface area contributed by atoms with Gasteiger partial charge in [-0.05, 0) is 96.0 Å². The van der Waals surface area contributed by atoms with E-state index in [9.17, 15) is 14.6 Å². The fourth-order valence-electron chi connectivity index (χ4n) is 4.21. The fourth-order valence-corrected chi connectivity index (χ4v) is 4.21. The van der Waals surface area contributed by atoms with Crippen LogP contribution in [-0.4, -0.2) is 10.2 Å². The third-order valence-electron chi connectivity index (χ3n) is 5.97. The van der Waals surface area contributed by atoms with Gasteiger partial charge in [-0.15, -0.1) is 0 Å². The van der Waals surface area contributed by atoms with Crippen LogP contribution in [0.5, 0.6) is 23.0 Å². The Bertz CT molecular complexity index is 1280. The first-order valence-corrected chi connectivity index (χ1v) is 10.7. The average Bonchev–Trinajstić information content (AvgIpc) is 2.79. The summed E-state index contributed by atoms with van der Waals surface area (Å²) < 4.78 is 20.1. The van der Waals surface area contributed by atoms with Gasteiger partial charge in [0.1, 0.15) is 17.2 Å². The van der Waals surface area contributed by atoms with Gasteiger partial charge in [-0.2, -0.15) is 0 Å². The monoisotopic (exact) mass is 426 g/mol. The molecule has 0 unspecified atom stereocenters. The molecule has 0 fully saturated rings. The number of benzene rings is 4. The van der Waals surface area contributed by atoms with Gasteiger partial charge in [-0.25, -0.2) is 4.39 Å². The zero-order chi connectivity index (χ0) is 22.1. The highest BCUT2D eigenvalue weighted by Gasteiger charge is 2.13. The second kappa shape index (κ2) is 8.39. The van der Waals surface area contributed by atoms with Crippen LogP contribution in [0.4, 0.5) is 4.39 Å². The smallest absolute Gasteiger partial charge is 0.165 e. The van der Waals surface area contributed by atoms with Crippen molar-refractivity contribution in [3.05, 3.63) is 107 Å². The summed E-state index contributed by atoms with van der Waals surface area (Å²) in [4.78, 5) is 0. The highest BCUT2D eigenvalue weighted by Crippen LogP contribution is 2.35. The van der Waals surface area contributed by atoms with Gasteiger partial charge in [0.15, 0.2) is 11.6 Å². The first kappa shape index (κ1) is 20.1. The number of hydrogen-bond acceptors (Lipinski definition) is 3. The van der Waals surface area contributed by atoms with E-state index >= 15 is 0 Å². The van der Waals surface area contributed by atoms with Crippen LogP contribution in [0.25, 0.3) is 11.1 Å². The van der Waals surface area contributed by atoms with Crippen molar-refractivity contribution in [2.24, 2.45) is 0 Å². The number of phenolic OH excluding ortho intramolecular Hbond substituents is 2. The van der Waals surface area contributed by atoms with E-state index in [0.717, 1.165) is 39.8 Å². The van der Waals surface area contributed by atoms with Crippen LogP contribution in [0.15, 0.2) is 78.9 Å². The maximum Gasteiger partial charge on any atom is 0.165 e. The van der Waals surface area contributed by atoms with E-state index in [1.807, 2.05) is 42.5 Å². The van der Waals surface area contributed by atoms with E-state index in [1.165, 1.54) is 6.07 Å². The van der Waals surface area contributed by atoms with Crippen LogP contribution >= 0.6 is 0 Å². The van der Waals surface area contributed by atoms with Crippen molar-refractivity contribution in [1.29, 1.82) is 0 Å². The fraction of sp³-hybridized carbons (Fsp3) is 0.143. The molecule has 32 heavy (non-hydrogen) atoms. The summed E-state index contributed by atoms with van der Waals surface area (Å²) in [6, 6.07) is 23.5. The Morgan fingerprint density at radius 3 is 2.06 bits per heavy atom. The van der Waals surface area contributed by atoms with E-state index in [0.29, 0.717) is 25.0 Å². The molecule has 4 heteroatoms. The first-order valence-electron chi connectivity index (χ1n) is 10.7. The Hall–Kier alpha value is -3.79. The van der Waals surface area contributed by atoms with E-state index in [-0.39, 0.29) is 17.2 Å². The summed E-state index contributed by atoms with van der Waals surface area (Å²) in [7, 11) is 0. The molecule has 4 aliphatic rings. The Labute approximate surface area is 186 Å². The standard InChI is InChI=1S/C28H23FO3/c29-26-14-7-20-2-1-19-6-12-25(27(31)15-19)24-13-9-22(30)17-21(24)8-3-18-4-10-23(11-5-18)32-28(26)16-20/h4-7,9-17,30-31H,1-3,8H2. The minimum Gasteiger partial charge on any atom is -0.508 e. The van der Waals surface area contributed by atoms with Gasteiger partial charge in [0, 0.05) is 5.56 Å². The van der Waals surface area contributed by atoms with Crippen molar-refractivity contribution >= 4 is 0 Å². The van der Waals surface area contributed by atoms with Crippen LogP contribution in [0, 0.1) is 5.82 Å². The Balaban J connectivity index is 1.59. The van der Waals surface area contributed by atoms with E-state index in [1.54, 1.807) is 30.3 Å². The van der Waals surface area contributed by atoms with E-state index in [4.69, 9.17) is 4.74 Å². The highest BCUT2D eigenvalue weighted by molar-refractivity contribution is 5.74. The molecule has 6 bridgehead atoms. The van der Waals surface area contributed by atoms with Crippen LogP contribution < -0.4 is 4.74 Å². The molecule has 4 aromatic carbocycles. The van der Waals surface area contributed by atoms with Gasteiger partial charge in [0.25, 0.3) is 0 Å². The molecule has 4 aromatic rings. The van der Waals surface area contributed by atoms with Gasteiger partial charge in [-0.1, -0.05) is 36.4 Å². The Morgan fingerprint density at radius 1 is 0.625 bits per heavy atom. The number of rotatable bonds is 0. The minimum absolute atomic E-state index is 0.203. The average molecular weight is 426 g/mol. The van der Waals surface area contributed by atoms with Gasteiger partial charge < -0.3 is 14.9 Å². The molecule has 4 aliphatic heterocycles. The zero-order valence-corrected chi connectivity index (χ0v) is 17.5. The van der Waals surface area contributed by atoms with Crippen LogP contribution in [0.3, 0.4) is 0 Å². The van der Waals surface area contributed by atoms with E-state index in [2.05, 4.69) is 0 Å². The molecule has 2 N–H and O–H groups in total. The molecule has 0 radical (unpaired) electrons. The summed E-state index contributed by atoms with van der Waals surface area (Å²) in [5.41, 5.74) is 5.68. The molecule has 0 spiro atoms. The lowest BCUT2D eigenvalue weighted by molar-refractivity contribution is 0.441. The molecule has 0 saturated heterocycles. The van der Waals surface area contributed by atoms with Crippen molar-refractivity contribution in [2.45, 2.75) is 25.7 Å². The second-order valence-electron chi connectivity index (χ2n) is 8.20. The lowest BCUT2D eigenvalue weighted by atomic mass is 9.93. The molecule has 0 aliphatic carbocycles. The number of hydrogen-bond donors (Lipinski definition) is 2.